The number of nitrogens with zero attached hydrogens (tertiary/aromatic N) is 7. The van der Waals surface area contributed by atoms with Gasteiger partial charge >= 0.3 is 150 Å². The third-order valence-corrected chi connectivity index (χ3v) is 12.0. The van der Waals surface area contributed by atoms with Crippen LogP contribution in [0.3, 0.4) is 0 Å². The molecule has 6 aromatic rings. The van der Waals surface area contributed by atoms with Crippen LogP contribution in [0.4, 0.5) is 53.5 Å². The summed E-state index contributed by atoms with van der Waals surface area (Å²) in [6, 6.07) is 13.7. The van der Waals surface area contributed by atoms with E-state index in [0.29, 0.717) is 35.6 Å². The Balaban J connectivity index is 0.000000592. The molecule has 5 N–H and O–H groups in total. The van der Waals surface area contributed by atoms with Gasteiger partial charge in [-0.1, -0.05) is 19.1 Å². The molecule has 2 amide bonds. The molecule has 2 fully saturated rings. The van der Waals surface area contributed by atoms with Crippen LogP contribution in [0, 0.1) is 5.92 Å². The van der Waals surface area contributed by atoms with Crippen molar-refractivity contribution in [3.8, 4) is 0 Å². The standard InChI is InChI=1S/C23H26F3N5O2.C16H14F3N5O.C8H16O.CH3F.CH2O3.2Cs.H/c1-22(33)9-7-15(8-10-22)31-13-14-11-18(19(30(2)3)12-17(14)29-31)28-21(32)16-5-4-6-20(27-16)23(24,25)26;1-24(2)13-7-11-9(8-20-23-11)6-12(13)22-15(25)10-4-3-5-14(21-10)16(17,18)19;1-7-3-5-8(2,9)6-4-7;1-2;2-1-4-3;;;/h4-6,11-13,15,33H,7-10H2,1-3H3,(H,28,32);3-8H,1-2H3,(H,20,23)(H,22,25);7,9H,3-6H2,1-2H3;1H3;1,3H;;;/q;;;;;2*+1;-1/p-1/i;;;1D;;;;. The molecule has 0 spiro atoms. The third kappa shape index (κ3) is 20.7. The molecule has 0 aliphatic heterocycles. The molecule has 8 rings (SSSR count). The number of aliphatic hydroxyl groups is 2. The summed E-state index contributed by atoms with van der Waals surface area (Å²) in [4.78, 5) is 46.8. The smallest absolute Gasteiger partial charge is 1.00 e. The summed E-state index contributed by atoms with van der Waals surface area (Å²) in [6.07, 6.45) is 1.65. The number of amides is 2. The molecule has 0 saturated heterocycles. The molecule has 17 nitrogen and oxygen atoms in total. The zero-order valence-corrected chi connectivity index (χ0v) is 55.8. The zero-order valence-electron chi connectivity index (χ0n) is 45.2. The number of fused-ring (bicyclic) bond motifs is 2. The van der Waals surface area contributed by atoms with Gasteiger partial charge in [0, 0.05) is 45.2 Å². The summed E-state index contributed by atoms with van der Waals surface area (Å²) >= 11 is 0. The van der Waals surface area contributed by atoms with Gasteiger partial charge in [-0.3, -0.25) is 28.6 Å². The molecule has 0 atom stereocenters. The summed E-state index contributed by atoms with van der Waals surface area (Å²) in [5.74, 6) is -0.618. The molecule has 2 aromatic carbocycles. The van der Waals surface area contributed by atoms with E-state index in [2.05, 4.69) is 42.6 Å². The number of anilines is 4. The topological polar surface area (TPSA) is 227 Å². The van der Waals surface area contributed by atoms with Gasteiger partial charge in [0.1, 0.15) is 22.8 Å². The van der Waals surface area contributed by atoms with Crippen LogP contribution in [0.15, 0.2) is 73.1 Å². The first-order valence-corrected chi connectivity index (χ1v) is 22.7. The number of carbonyl (C=O) groups is 3. The first-order chi connectivity index (χ1) is 34.6. The summed E-state index contributed by atoms with van der Waals surface area (Å²) in [5.41, 5.74) is -0.0913. The first kappa shape index (κ1) is 66.5. The van der Waals surface area contributed by atoms with E-state index >= 15 is 0 Å². The first-order valence-electron chi connectivity index (χ1n) is 23.4. The number of pyridine rings is 2. The van der Waals surface area contributed by atoms with Crippen molar-refractivity contribution in [2.24, 2.45) is 5.92 Å². The van der Waals surface area contributed by atoms with Crippen molar-refractivity contribution in [2.45, 2.75) is 102 Å². The van der Waals surface area contributed by atoms with Crippen molar-refractivity contribution in [1.29, 1.82) is 0 Å². The minimum Gasteiger partial charge on any atom is -1.00 e. The zero-order chi connectivity index (χ0) is 55.2. The van der Waals surface area contributed by atoms with E-state index < -0.39 is 48.3 Å². The van der Waals surface area contributed by atoms with Crippen LogP contribution < -0.4 is 163 Å². The van der Waals surface area contributed by atoms with Gasteiger partial charge in [0.2, 0.25) is 0 Å². The minimum absolute atomic E-state index is 0. The monoisotopic (exact) mass is 1300 g/mol. The van der Waals surface area contributed by atoms with E-state index in [9.17, 15) is 50.5 Å². The number of aromatic amines is 1. The number of hydrogen-bond donors (Lipinski definition) is 5. The number of benzene rings is 2. The van der Waals surface area contributed by atoms with Crippen LogP contribution in [0.1, 0.15) is 113 Å². The molecular weight excluding hydrogens is 1240 g/mol. The predicted molar refractivity (Wildman–Crippen MR) is 261 cm³/mol. The van der Waals surface area contributed by atoms with Gasteiger partial charge in [0.25, 0.3) is 18.3 Å². The van der Waals surface area contributed by atoms with Crippen molar-refractivity contribution in [3.05, 3.63) is 95.8 Å². The number of carbonyl (C=O) groups excluding carboxylic acids is 3. The number of hydrogen-bond acceptors (Lipinski definition) is 13. The molecule has 400 valence electrons. The summed E-state index contributed by atoms with van der Waals surface area (Å²) < 4.78 is 94.6. The van der Waals surface area contributed by atoms with E-state index in [1.54, 1.807) is 62.4 Å². The molecular formula is C49H61Cs2F7N10O7. The van der Waals surface area contributed by atoms with Crippen LogP contribution in [0.2, 0.25) is 0 Å². The van der Waals surface area contributed by atoms with Crippen LogP contribution >= 0.6 is 0 Å². The van der Waals surface area contributed by atoms with Gasteiger partial charge in [0.05, 0.1) is 65.7 Å². The van der Waals surface area contributed by atoms with Crippen molar-refractivity contribution in [2.75, 3.05) is 55.8 Å². The molecule has 4 heterocycles. The van der Waals surface area contributed by atoms with E-state index in [1.165, 1.54) is 25.0 Å². The fourth-order valence-corrected chi connectivity index (χ4v) is 7.87. The number of alkyl halides is 7. The Morgan fingerprint density at radius 3 is 1.65 bits per heavy atom. The normalized spacial score (nSPS) is 19.1. The average molecular weight is 1300 g/mol. The molecule has 26 heteroatoms. The van der Waals surface area contributed by atoms with Gasteiger partial charge in [-0.2, -0.15) is 36.5 Å². The van der Waals surface area contributed by atoms with E-state index in [-0.39, 0.29) is 169 Å². The van der Waals surface area contributed by atoms with Gasteiger partial charge in [-0.05, 0) is 120 Å². The Labute approximate surface area is 550 Å². The van der Waals surface area contributed by atoms with Crippen LogP contribution in [0.25, 0.3) is 21.8 Å². The summed E-state index contributed by atoms with van der Waals surface area (Å²) in [7, 11) is 6.19. The van der Waals surface area contributed by atoms with Gasteiger partial charge in [0.15, 0.2) is 0 Å². The fraction of sp³-hybridized carbons (Fsp3) is 0.449. The Kier molecular flexibility index (Phi) is 27.0. The number of H-pyrrole nitrogens is 1. The van der Waals surface area contributed by atoms with Gasteiger partial charge in [-0.15, -0.1) is 0 Å². The second-order valence-electron chi connectivity index (χ2n) is 18.5. The fourth-order valence-electron chi connectivity index (χ4n) is 7.87. The van der Waals surface area contributed by atoms with E-state index in [0.717, 1.165) is 77.7 Å². The van der Waals surface area contributed by atoms with Gasteiger partial charge in [-0.25, -0.2) is 9.97 Å². The number of aromatic nitrogens is 6. The average Bonchev–Trinajstić information content (AvgIpc) is 3.99. The van der Waals surface area contributed by atoms with Crippen LogP contribution in [-0.4, -0.2) is 105 Å². The Hall–Kier alpha value is -2.82. The molecule has 2 aliphatic rings. The predicted octanol–water partition coefficient (Wildman–Crippen LogP) is 3.02. The molecule has 75 heavy (non-hydrogen) atoms. The minimum atomic E-state index is -4.63. The third-order valence-electron chi connectivity index (χ3n) is 12.0. The van der Waals surface area contributed by atoms with Crippen molar-refractivity contribution >= 4 is 62.8 Å². The van der Waals surface area contributed by atoms with E-state index in [1.807, 2.05) is 30.8 Å². The number of nitrogens with one attached hydrogen (secondary N) is 3. The molecule has 0 bridgehead atoms. The SMILES string of the molecule is CC1CCC(C)(O)CC1.CN(C)c1cc2[nH]ncc2cc1NC(=O)c1cccc(C(F)(F)F)n1.CN(C)c1cc2nn(C3CCC(C)(O)CC3)cc2cc1NC(=O)c1cccc(C(F)(F)F)n1.O=CO[O-].[2H]CF.[Cs+].[Cs+].[H-]. The molecule has 2 aliphatic carbocycles. The largest absolute Gasteiger partial charge is 1.00 e. The number of rotatable bonds is 8. The van der Waals surface area contributed by atoms with Crippen LogP contribution in [0.5, 0.6) is 0 Å². The number of halogens is 7. The second-order valence-corrected chi connectivity index (χ2v) is 18.5. The van der Waals surface area contributed by atoms with Gasteiger partial charge < -0.3 is 42.2 Å². The van der Waals surface area contributed by atoms with Crippen molar-refractivity contribution in [3.63, 3.8) is 0 Å². The quantitative estimate of drug-likeness (QED) is 0.0641. The van der Waals surface area contributed by atoms with Crippen molar-refractivity contribution in [1.82, 2.24) is 29.9 Å². The maximum absolute atomic E-state index is 13.0. The molecule has 0 unspecified atom stereocenters. The summed E-state index contributed by atoms with van der Waals surface area (Å²) in [5, 5.41) is 46.5. The second kappa shape index (κ2) is 30.5. The molecule has 0 radical (unpaired) electrons. The Bertz CT molecular complexity index is 2800. The Morgan fingerprint density at radius 1 is 0.813 bits per heavy atom. The van der Waals surface area contributed by atoms with Crippen LogP contribution in [-0.2, 0) is 22.0 Å². The van der Waals surface area contributed by atoms with E-state index in [4.69, 9.17) is 16.5 Å². The molecule has 2 saturated carbocycles. The maximum atomic E-state index is 13.0. The molecule has 4 aromatic heterocycles. The Morgan fingerprint density at radius 2 is 1.24 bits per heavy atom. The maximum Gasteiger partial charge on any atom is 1.00 e. The summed E-state index contributed by atoms with van der Waals surface area (Å²) in [6.45, 7) is 5.87. The van der Waals surface area contributed by atoms with Crippen molar-refractivity contribution < 1.29 is 206 Å².